The van der Waals surface area contributed by atoms with Crippen LogP contribution in [-0.2, 0) is 30.3 Å². The number of amidine groups is 2. The number of aromatic nitrogens is 2. The Hall–Kier alpha value is -12.5. The zero-order valence-corrected chi connectivity index (χ0v) is 72.1. The molecule has 0 saturated heterocycles. The molecule has 7 N–H and O–H groups in total. The van der Waals surface area contributed by atoms with Crippen molar-refractivity contribution >= 4 is 117 Å². The highest BCUT2D eigenvalue weighted by Crippen LogP contribution is 2.53. The Bertz CT molecular complexity index is 6250. The van der Waals surface area contributed by atoms with E-state index in [2.05, 4.69) is 89.7 Å². The number of para-hydroxylation sites is 4. The molecule has 0 fully saturated rings. The number of ketones is 2. The Morgan fingerprint density at radius 3 is 1.28 bits per heavy atom. The second-order valence-corrected chi connectivity index (χ2v) is 37.0. The number of aryl methyl sites for hydroxylation is 1. The van der Waals surface area contributed by atoms with Crippen LogP contribution in [0.5, 0.6) is 23.0 Å². The van der Waals surface area contributed by atoms with Crippen molar-refractivity contribution in [3.63, 3.8) is 0 Å². The maximum absolute atomic E-state index is 15.0. The number of aliphatic imine (C=N–C) groups is 2. The fraction of sp³-hybridized carbons (Fsp3) is 0.290. The lowest BCUT2D eigenvalue weighted by atomic mass is 9.72. The zero-order valence-electron chi connectivity index (χ0n) is 70.5. The fourth-order valence-corrected chi connectivity index (χ4v) is 19.5. The molecule has 22 heteroatoms. The van der Waals surface area contributed by atoms with Crippen LogP contribution >= 0.6 is 0 Å². The smallest absolute Gasteiger partial charge is 0.265 e. The molecule has 0 spiro atoms. The highest BCUT2D eigenvalue weighted by Gasteiger charge is 2.40. The molecule has 4 heterocycles. The first-order chi connectivity index (χ1) is 58.9. The molecular weight excluding hydrogens is 1560 g/mol. The van der Waals surface area contributed by atoms with E-state index in [1.165, 1.54) is 101 Å². The van der Waals surface area contributed by atoms with E-state index in [0.29, 0.717) is 130 Å². The standard InChI is InChI=1S/C63H78N6O5S.C37H27N5O4S/c1-7-8-9-10-11-12-13-14-15-16-17-18-19-20-21-29-40-64-53(70)42-65-60-57(61-67-49-34-27-28-35-52(49)75(72,73)69-61)54-47-32-25-26-33-48(47)59(71)55-50(66-45-30-23-22-24-31-45)41-51(58(68-60)56(54)55)74-46-38-36-44(37-39-46)63(5,6)43-62(2,3)4;1-21-16-18-23(19-17-21)46-28-20-27(39-22-10-4-3-5-11-22)31-32-30(24-12-6-7-13-25(24)35(31)43)33(36(38-2)41-34(28)32)37-40-26-14-8-9-15-29(26)47(44,45)42-37/h22-28,30-39,41,66H,7-21,29,40,42-43H2,1-6H3,(H,64,70)(H,65,68)(H,67,69);3-20,39H,1-2H3,(H,38,41)(H,40,42). The van der Waals surface area contributed by atoms with Crippen LogP contribution in [0.15, 0.2) is 238 Å². The van der Waals surface area contributed by atoms with Gasteiger partial charge in [-0.1, -0.05) is 277 Å². The topological polar surface area (TPSA) is 273 Å². The lowest BCUT2D eigenvalue weighted by Gasteiger charge is -2.33. The summed E-state index contributed by atoms with van der Waals surface area (Å²) in [5, 5.41) is 17.5. The third-order valence-electron chi connectivity index (χ3n) is 22.7. The first-order valence-corrected chi connectivity index (χ1v) is 45.6. The maximum Gasteiger partial charge on any atom is 0.265 e. The Morgan fingerprint density at radius 1 is 0.443 bits per heavy atom. The second kappa shape index (κ2) is 36.8. The number of hydrogen-bond donors (Lipinski definition) is 7. The molecule has 2 aliphatic heterocycles. The number of rotatable bonds is 33. The van der Waals surface area contributed by atoms with Crippen LogP contribution < -0.4 is 45.5 Å². The number of nitrogens with zero attached hydrogens (tertiary/aromatic N) is 4. The minimum atomic E-state index is -4.12. The monoisotopic (exact) mass is 1670 g/mol. The number of ether oxygens (including phenoxy) is 2. The van der Waals surface area contributed by atoms with E-state index in [1.807, 2.05) is 140 Å². The van der Waals surface area contributed by atoms with Gasteiger partial charge in [0.15, 0.2) is 34.7 Å². The van der Waals surface area contributed by atoms with Crippen molar-refractivity contribution in [2.75, 3.05) is 41.4 Å². The third kappa shape index (κ3) is 18.7. The lowest BCUT2D eigenvalue weighted by molar-refractivity contribution is -0.119. The van der Waals surface area contributed by atoms with E-state index < -0.39 is 20.0 Å². The van der Waals surface area contributed by atoms with Gasteiger partial charge in [-0.3, -0.25) is 23.8 Å². The number of fused-ring (bicyclic) bond motifs is 6. The molecule has 16 rings (SSSR count). The van der Waals surface area contributed by atoms with Gasteiger partial charge in [-0.25, -0.2) is 36.8 Å². The van der Waals surface area contributed by atoms with E-state index in [9.17, 15) is 26.4 Å². The van der Waals surface area contributed by atoms with Gasteiger partial charge in [0.25, 0.3) is 20.0 Å². The van der Waals surface area contributed by atoms with Gasteiger partial charge in [0.2, 0.25) is 5.91 Å². The number of hydrogen-bond acceptors (Lipinski definition) is 17. The quantitative estimate of drug-likeness (QED) is 0.0188. The van der Waals surface area contributed by atoms with E-state index >= 15 is 4.79 Å². The maximum atomic E-state index is 15.0. The Balaban J connectivity index is 0.000000209. The summed E-state index contributed by atoms with van der Waals surface area (Å²) in [5.74, 6) is 1.90. The van der Waals surface area contributed by atoms with E-state index in [0.717, 1.165) is 42.6 Å². The molecule has 20 nitrogen and oxygen atoms in total. The van der Waals surface area contributed by atoms with Gasteiger partial charge < -0.3 is 36.1 Å². The van der Waals surface area contributed by atoms with Gasteiger partial charge in [0, 0.05) is 70.1 Å². The Kier molecular flexibility index (Phi) is 25.5. The highest BCUT2D eigenvalue weighted by molar-refractivity contribution is 7.90. The van der Waals surface area contributed by atoms with Crippen LogP contribution in [0.2, 0.25) is 0 Å². The van der Waals surface area contributed by atoms with Gasteiger partial charge in [-0.2, -0.15) is 0 Å². The number of sulfonamides is 2. The molecule has 1 amide bonds. The number of benzene rings is 10. The molecule has 10 aromatic carbocycles. The van der Waals surface area contributed by atoms with Crippen molar-refractivity contribution in [1.29, 1.82) is 0 Å². The number of amides is 1. The van der Waals surface area contributed by atoms with Crippen LogP contribution in [0.4, 0.5) is 45.8 Å². The van der Waals surface area contributed by atoms with E-state index in [4.69, 9.17) is 29.4 Å². The fourth-order valence-electron chi connectivity index (χ4n) is 17.2. The summed E-state index contributed by atoms with van der Waals surface area (Å²) in [6, 6.07) is 66.2. The zero-order chi connectivity index (χ0) is 85.3. The molecule has 626 valence electrons. The van der Waals surface area contributed by atoms with E-state index in [-0.39, 0.29) is 67.8 Å². The molecule has 2 aromatic heterocycles. The van der Waals surface area contributed by atoms with Crippen molar-refractivity contribution in [3.05, 3.63) is 263 Å². The Labute approximate surface area is 715 Å². The SMILES string of the molecule is CCCCCCCCCCCCCCCCCCNC(=O)CNc1nc2c(Oc3ccc(C(C)(C)CC(C)(C)C)cc3)cc(Nc3ccccc3)c3c2c(c1C1=Nc2ccccc2S(=O)(=O)N1)-c1ccccc1C3=O.CNc1nc2c(Oc3ccc(C)cc3)cc(Nc3ccccc3)c3c2c(c1C1=Nc2ccccc2S(=O)(=O)N1)-c1ccccc1C3=O. The predicted octanol–water partition coefficient (Wildman–Crippen LogP) is 23.6. The van der Waals surface area contributed by atoms with Crippen LogP contribution in [0.3, 0.4) is 0 Å². The third-order valence-corrected chi connectivity index (χ3v) is 25.5. The molecule has 0 radical (unpaired) electrons. The molecule has 0 bridgehead atoms. The minimum Gasteiger partial charge on any atom is -0.455 e. The molecule has 2 aliphatic carbocycles. The average Bonchev–Trinajstić information content (AvgIpc) is 0.705. The summed E-state index contributed by atoms with van der Waals surface area (Å²) in [4.78, 5) is 63.3. The van der Waals surface area contributed by atoms with E-state index in [1.54, 1.807) is 67.7 Å². The number of unbranched alkanes of at least 4 members (excludes halogenated alkanes) is 15. The summed E-state index contributed by atoms with van der Waals surface area (Å²) in [5.41, 5.74) is 10.8. The molecule has 4 aliphatic rings. The van der Waals surface area contributed by atoms with Crippen molar-refractivity contribution in [2.24, 2.45) is 15.4 Å². The van der Waals surface area contributed by atoms with Crippen LogP contribution in [0.1, 0.15) is 205 Å². The molecule has 12 aromatic rings. The van der Waals surface area contributed by atoms with Crippen LogP contribution in [0.25, 0.3) is 44.1 Å². The normalized spacial score (nSPS) is 13.8. The van der Waals surface area contributed by atoms with Crippen molar-refractivity contribution < 1.29 is 40.7 Å². The first-order valence-electron chi connectivity index (χ1n) is 42.6. The molecule has 0 saturated carbocycles. The van der Waals surface area contributed by atoms with Crippen LogP contribution in [-0.4, -0.2) is 76.1 Å². The lowest BCUT2D eigenvalue weighted by Crippen LogP contribution is -2.36. The summed E-state index contributed by atoms with van der Waals surface area (Å²) in [7, 11) is -6.38. The number of pyridine rings is 2. The molecular formula is C100H105N11O9S2. The molecule has 122 heavy (non-hydrogen) atoms. The molecule has 0 atom stereocenters. The minimum absolute atomic E-state index is 0.00151. The number of anilines is 6. The van der Waals surface area contributed by atoms with Gasteiger partial charge in [-0.05, 0) is 120 Å². The number of carbonyl (C=O) groups excluding carboxylic acids is 3. The number of nitrogens with one attached hydrogen (secondary N) is 7. The summed E-state index contributed by atoms with van der Waals surface area (Å²) >= 11 is 0. The van der Waals surface area contributed by atoms with Crippen LogP contribution in [0, 0.1) is 12.3 Å². The van der Waals surface area contributed by atoms with Gasteiger partial charge >= 0.3 is 0 Å². The average molecular weight is 1670 g/mol. The van der Waals surface area contributed by atoms with Crippen molar-refractivity contribution in [3.8, 4) is 45.3 Å². The van der Waals surface area contributed by atoms with Gasteiger partial charge in [-0.15, -0.1) is 0 Å². The summed E-state index contributed by atoms with van der Waals surface area (Å²) in [6.45, 7) is 15.9. The first kappa shape index (κ1) is 84.5. The van der Waals surface area contributed by atoms with Crippen molar-refractivity contribution in [2.45, 2.75) is 173 Å². The summed E-state index contributed by atoms with van der Waals surface area (Å²) in [6.07, 6.45) is 21.4. The van der Waals surface area contributed by atoms with Gasteiger partial charge in [0.1, 0.15) is 44.0 Å². The highest BCUT2D eigenvalue weighted by atomic mass is 32.2. The number of carbonyl (C=O) groups is 3. The van der Waals surface area contributed by atoms with Gasteiger partial charge in [0.05, 0.1) is 51.5 Å². The predicted molar refractivity (Wildman–Crippen MR) is 492 cm³/mol. The Morgan fingerprint density at radius 2 is 0.836 bits per heavy atom. The van der Waals surface area contributed by atoms with Crippen molar-refractivity contribution in [1.82, 2.24) is 24.7 Å². The summed E-state index contributed by atoms with van der Waals surface area (Å²) < 4.78 is 74.1. The largest absolute Gasteiger partial charge is 0.455 e. The second-order valence-electron chi connectivity index (χ2n) is 33.7. The molecule has 0 unspecified atom stereocenters.